The van der Waals surface area contributed by atoms with Crippen LogP contribution in [0.1, 0.15) is 24.1 Å². The lowest BCUT2D eigenvalue weighted by Crippen LogP contribution is -2.47. The maximum absolute atomic E-state index is 14.2. The number of esters is 1. The second-order valence-electron chi connectivity index (χ2n) is 4.90. The zero-order valence-corrected chi connectivity index (χ0v) is 12.5. The fourth-order valence-electron chi connectivity index (χ4n) is 2.29. The maximum atomic E-state index is 14.2. The summed E-state index contributed by atoms with van der Waals surface area (Å²) in [6.45, 7) is 3.12. The van der Waals surface area contributed by atoms with Crippen molar-refractivity contribution in [1.29, 1.82) is 0 Å². The van der Waals surface area contributed by atoms with Crippen LogP contribution in [0.15, 0.2) is 29.5 Å². The number of carbonyl (C=O) groups is 2. The predicted octanol–water partition coefficient (Wildman–Crippen LogP) is 2.57. The predicted molar refractivity (Wildman–Crippen MR) is 75.2 cm³/mol. The molecule has 1 aliphatic rings. The molecule has 0 saturated carbocycles. The lowest BCUT2D eigenvalue weighted by molar-refractivity contribution is -0.139. The van der Waals surface area contributed by atoms with Gasteiger partial charge >= 0.3 is 12.0 Å². The van der Waals surface area contributed by atoms with Crippen molar-refractivity contribution in [2.45, 2.75) is 26.3 Å². The lowest BCUT2D eigenvalue weighted by atomic mass is 9.94. The Morgan fingerprint density at radius 2 is 2.09 bits per heavy atom. The molecule has 1 aromatic carbocycles. The molecular weight excluding hydrogens is 313 g/mol. The van der Waals surface area contributed by atoms with Gasteiger partial charge < -0.3 is 15.4 Å². The van der Waals surface area contributed by atoms with E-state index in [0.717, 1.165) is 0 Å². The van der Waals surface area contributed by atoms with Crippen LogP contribution in [0, 0.1) is 12.7 Å². The number of amides is 2. The number of urea groups is 1. The number of hydrogen-bond acceptors (Lipinski definition) is 3. The Morgan fingerprint density at radius 3 is 2.65 bits per heavy atom. The molecule has 1 aromatic rings. The summed E-state index contributed by atoms with van der Waals surface area (Å²) >= 11 is 0. The summed E-state index contributed by atoms with van der Waals surface area (Å²) in [5.74, 6) is -1.76. The number of nitrogens with one attached hydrogen (secondary N) is 2. The number of carbonyl (C=O) groups excluding carboxylic acids is 2. The smallest absolute Gasteiger partial charge is 0.338 e. The van der Waals surface area contributed by atoms with Crippen molar-refractivity contribution in [1.82, 2.24) is 10.6 Å². The molecule has 2 amide bonds. The SMILES string of the molecule is CCOC(=O)C1=C(C(F)F)NC(=O)N[C@H]1c1ccc(C)cc1F. The van der Waals surface area contributed by atoms with Gasteiger partial charge in [0.15, 0.2) is 0 Å². The fraction of sp³-hybridized carbons (Fsp3) is 0.333. The number of ether oxygens (including phenoxy) is 1. The average molecular weight is 328 g/mol. The summed E-state index contributed by atoms with van der Waals surface area (Å²) in [5.41, 5.74) is -0.865. The highest BCUT2D eigenvalue weighted by atomic mass is 19.3. The molecule has 8 heteroatoms. The van der Waals surface area contributed by atoms with E-state index >= 15 is 0 Å². The van der Waals surface area contributed by atoms with Crippen LogP contribution < -0.4 is 10.6 Å². The molecule has 2 N–H and O–H groups in total. The summed E-state index contributed by atoms with van der Waals surface area (Å²) in [4.78, 5) is 23.7. The largest absolute Gasteiger partial charge is 0.463 e. The summed E-state index contributed by atoms with van der Waals surface area (Å²) in [7, 11) is 0. The molecule has 5 nitrogen and oxygen atoms in total. The lowest BCUT2D eigenvalue weighted by Gasteiger charge is -2.29. The number of allylic oxidation sites excluding steroid dienone is 1. The van der Waals surface area contributed by atoms with Gasteiger partial charge in [0.1, 0.15) is 5.82 Å². The topological polar surface area (TPSA) is 67.4 Å². The number of rotatable bonds is 4. The Hall–Kier alpha value is -2.51. The molecular formula is C15H15F3N2O3. The van der Waals surface area contributed by atoms with E-state index in [1.807, 2.05) is 5.32 Å². The molecule has 0 unspecified atom stereocenters. The van der Waals surface area contributed by atoms with Gasteiger partial charge in [-0.05, 0) is 25.5 Å². The highest BCUT2D eigenvalue weighted by molar-refractivity contribution is 5.95. The van der Waals surface area contributed by atoms with Gasteiger partial charge in [-0.15, -0.1) is 0 Å². The van der Waals surface area contributed by atoms with Crippen LogP contribution in [-0.2, 0) is 9.53 Å². The minimum atomic E-state index is -3.11. The molecule has 124 valence electrons. The van der Waals surface area contributed by atoms with Gasteiger partial charge in [0.2, 0.25) is 0 Å². The molecule has 1 heterocycles. The van der Waals surface area contributed by atoms with Crippen molar-refractivity contribution in [3.8, 4) is 0 Å². The molecule has 0 spiro atoms. The van der Waals surface area contributed by atoms with Crippen molar-refractivity contribution < 1.29 is 27.5 Å². The Labute approximate surface area is 130 Å². The van der Waals surface area contributed by atoms with Crippen molar-refractivity contribution in [3.63, 3.8) is 0 Å². The van der Waals surface area contributed by atoms with Gasteiger partial charge in [-0.3, -0.25) is 0 Å². The van der Waals surface area contributed by atoms with Crippen molar-refractivity contribution in [2.75, 3.05) is 6.61 Å². The Balaban J connectivity index is 2.59. The van der Waals surface area contributed by atoms with E-state index in [4.69, 9.17) is 4.74 Å². The van der Waals surface area contributed by atoms with Crippen LogP contribution in [0.4, 0.5) is 18.0 Å². The van der Waals surface area contributed by atoms with Crippen molar-refractivity contribution in [2.24, 2.45) is 0 Å². The Kier molecular flexibility index (Phi) is 4.92. The first-order chi connectivity index (χ1) is 10.8. The molecule has 0 aromatic heterocycles. The monoisotopic (exact) mass is 328 g/mol. The average Bonchev–Trinajstić information content (AvgIpc) is 2.46. The van der Waals surface area contributed by atoms with E-state index in [2.05, 4.69) is 5.32 Å². The van der Waals surface area contributed by atoms with E-state index in [1.54, 1.807) is 13.0 Å². The molecule has 1 atom stereocenters. The third kappa shape index (κ3) is 3.46. The number of aryl methyl sites for hydroxylation is 1. The summed E-state index contributed by atoms with van der Waals surface area (Å²) < 4.78 is 45.3. The molecule has 0 aliphatic carbocycles. The van der Waals surface area contributed by atoms with Gasteiger partial charge in [0, 0.05) is 5.56 Å². The third-order valence-corrected chi connectivity index (χ3v) is 3.28. The van der Waals surface area contributed by atoms with Gasteiger partial charge in [-0.1, -0.05) is 12.1 Å². The second-order valence-corrected chi connectivity index (χ2v) is 4.90. The van der Waals surface area contributed by atoms with Gasteiger partial charge in [0.25, 0.3) is 6.43 Å². The minimum absolute atomic E-state index is 0.0457. The van der Waals surface area contributed by atoms with Crippen LogP contribution in [0.3, 0.4) is 0 Å². The minimum Gasteiger partial charge on any atom is -0.463 e. The molecule has 23 heavy (non-hydrogen) atoms. The highest BCUT2D eigenvalue weighted by Gasteiger charge is 2.38. The fourth-order valence-corrected chi connectivity index (χ4v) is 2.29. The number of benzene rings is 1. The Bertz CT molecular complexity index is 674. The third-order valence-electron chi connectivity index (χ3n) is 3.28. The normalized spacial score (nSPS) is 17.8. The molecule has 0 fully saturated rings. The first-order valence-electron chi connectivity index (χ1n) is 6.88. The Morgan fingerprint density at radius 1 is 1.39 bits per heavy atom. The summed E-state index contributed by atoms with van der Waals surface area (Å²) in [5, 5.41) is 4.18. The van der Waals surface area contributed by atoms with Gasteiger partial charge in [-0.25, -0.2) is 22.8 Å². The van der Waals surface area contributed by atoms with E-state index in [0.29, 0.717) is 5.56 Å². The first kappa shape index (κ1) is 16.9. The van der Waals surface area contributed by atoms with Crippen LogP contribution in [0.25, 0.3) is 0 Å². The molecule has 0 saturated heterocycles. The second kappa shape index (κ2) is 6.72. The van der Waals surface area contributed by atoms with Crippen LogP contribution in [0.5, 0.6) is 0 Å². The number of hydrogen-bond donors (Lipinski definition) is 2. The zero-order chi connectivity index (χ0) is 17.1. The van der Waals surface area contributed by atoms with Crippen LogP contribution in [0.2, 0.25) is 0 Å². The zero-order valence-electron chi connectivity index (χ0n) is 12.5. The highest BCUT2D eigenvalue weighted by Crippen LogP contribution is 2.31. The van der Waals surface area contributed by atoms with Crippen LogP contribution >= 0.6 is 0 Å². The van der Waals surface area contributed by atoms with Crippen molar-refractivity contribution >= 4 is 12.0 Å². The summed E-state index contributed by atoms with van der Waals surface area (Å²) in [6, 6.07) is 1.78. The molecule has 0 radical (unpaired) electrons. The number of halogens is 3. The molecule has 2 rings (SSSR count). The van der Waals surface area contributed by atoms with E-state index in [1.165, 1.54) is 19.1 Å². The number of alkyl halides is 2. The van der Waals surface area contributed by atoms with E-state index < -0.39 is 41.6 Å². The maximum Gasteiger partial charge on any atom is 0.338 e. The van der Waals surface area contributed by atoms with Gasteiger partial charge in [-0.2, -0.15) is 0 Å². The first-order valence-corrected chi connectivity index (χ1v) is 6.88. The van der Waals surface area contributed by atoms with Gasteiger partial charge in [0.05, 0.1) is 23.9 Å². The van der Waals surface area contributed by atoms with E-state index in [-0.39, 0.29) is 12.2 Å². The molecule has 1 aliphatic heterocycles. The molecule has 0 bridgehead atoms. The van der Waals surface area contributed by atoms with Crippen molar-refractivity contribution in [3.05, 3.63) is 46.4 Å². The quantitative estimate of drug-likeness (QED) is 0.835. The van der Waals surface area contributed by atoms with E-state index in [9.17, 15) is 22.8 Å². The standard InChI is InChI=1S/C15H15F3N2O3/c1-3-23-14(21)10-11(8-5-4-7(2)6-9(8)16)19-15(22)20-12(10)13(17)18/h4-6,11,13H,3H2,1-2H3,(H2,19,20,22)/t11-/m0/s1. The van der Waals surface area contributed by atoms with Crippen LogP contribution in [-0.4, -0.2) is 25.0 Å². The summed E-state index contributed by atoms with van der Waals surface area (Å²) in [6.07, 6.45) is -3.11.